The van der Waals surface area contributed by atoms with Gasteiger partial charge in [0.15, 0.2) is 5.78 Å². The minimum Gasteiger partial charge on any atom is -0.507 e. The lowest BCUT2D eigenvalue weighted by molar-refractivity contribution is -0.174. The quantitative estimate of drug-likeness (QED) is 0.312. The van der Waals surface area contributed by atoms with Crippen molar-refractivity contribution in [3.05, 3.63) is 59.7 Å². The van der Waals surface area contributed by atoms with Crippen LogP contribution >= 0.6 is 0 Å². The summed E-state index contributed by atoms with van der Waals surface area (Å²) in [6.07, 6.45) is 4.37. The normalized spacial score (nSPS) is 20.5. The molecule has 1 aliphatic rings. The molecule has 0 aliphatic heterocycles. The van der Waals surface area contributed by atoms with Crippen molar-refractivity contribution in [3.63, 3.8) is 0 Å². The van der Waals surface area contributed by atoms with Crippen molar-refractivity contribution in [1.29, 1.82) is 0 Å². The molecular formula is C15H14O6. The molecule has 2 rings (SSSR count). The monoisotopic (exact) mass is 290 g/mol. The van der Waals surface area contributed by atoms with E-state index in [0.717, 1.165) is 18.2 Å². The van der Waals surface area contributed by atoms with Gasteiger partial charge in [0, 0.05) is 0 Å². The number of aromatic hydroxyl groups is 2. The highest BCUT2D eigenvalue weighted by Crippen LogP contribution is 2.27. The molecule has 6 nitrogen and oxygen atoms in total. The van der Waals surface area contributed by atoms with E-state index in [-0.39, 0.29) is 17.1 Å². The first kappa shape index (κ1) is 15.0. The standard InChI is InChI=1S/C15H14O6/c16-10-2-1-3-11(17)14(10)12(18)5-4-9-6-7-15(20,21)13(19)8-9/h1-8,13,16-17,19-21H. The van der Waals surface area contributed by atoms with Gasteiger partial charge >= 0.3 is 0 Å². The number of phenolic OH excluding ortho intramolecular Hbond substituents is 2. The Hall–Kier alpha value is -2.41. The van der Waals surface area contributed by atoms with Gasteiger partial charge in [-0.2, -0.15) is 0 Å². The lowest BCUT2D eigenvalue weighted by Crippen LogP contribution is -2.40. The topological polar surface area (TPSA) is 118 Å². The first-order valence-corrected chi connectivity index (χ1v) is 6.08. The van der Waals surface area contributed by atoms with E-state index >= 15 is 0 Å². The second-order valence-electron chi connectivity index (χ2n) is 4.60. The van der Waals surface area contributed by atoms with Crippen molar-refractivity contribution in [2.45, 2.75) is 11.9 Å². The third kappa shape index (κ3) is 3.19. The number of ketones is 1. The van der Waals surface area contributed by atoms with E-state index in [1.165, 1.54) is 30.4 Å². The Morgan fingerprint density at radius 1 is 1.19 bits per heavy atom. The number of carbonyl (C=O) groups excluding carboxylic acids is 1. The minimum atomic E-state index is -2.34. The van der Waals surface area contributed by atoms with E-state index in [0.29, 0.717) is 5.57 Å². The third-order valence-corrected chi connectivity index (χ3v) is 3.00. The number of hydrogen-bond donors (Lipinski definition) is 5. The zero-order chi connectivity index (χ0) is 15.6. The SMILES string of the molecule is O=C(C=CC1=CC(O)C(O)(O)C=C1)c1c(O)cccc1O. The molecule has 0 amide bonds. The summed E-state index contributed by atoms with van der Waals surface area (Å²) >= 11 is 0. The molecule has 1 aromatic rings. The van der Waals surface area contributed by atoms with E-state index in [9.17, 15) is 30.3 Å². The average Bonchev–Trinajstić information content (AvgIpc) is 2.40. The fourth-order valence-electron chi connectivity index (χ4n) is 1.83. The summed E-state index contributed by atoms with van der Waals surface area (Å²) in [6, 6.07) is 3.95. The molecule has 0 saturated carbocycles. The van der Waals surface area contributed by atoms with Crippen molar-refractivity contribution >= 4 is 5.78 Å². The molecule has 0 spiro atoms. The Bertz CT molecular complexity index is 634. The van der Waals surface area contributed by atoms with Gasteiger partial charge in [-0.05, 0) is 35.9 Å². The van der Waals surface area contributed by atoms with Crippen LogP contribution < -0.4 is 0 Å². The molecule has 0 heterocycles. The zero-order valence-corrected chi connectivity index (χ0v) is 10.8. The van der Waals surface area contributed by atoms with E-state index < -0.39 is 17.7 Å². The van der Waals surface area contributed by atoms with Gasteiger partial charge in [0.1, 0.15) is 23.2 Å². The highest BCUT2D eigenvalue weighted by Gasteiger charge is 2.30. The summed E-state index contributed by atoms with van der Waals surface area (Å²) in [7, 11) is 0. The Kier molecular flexibility index (Phi) is 3.95. The fraction of sp³-hybridized carbons (Fsp3) is 0.133. The number of benzene rings is 1. The second kappa shape index (κ2) is 5.53. The van der Waals surface area contributed by atoms with Gasteiger partial charge in [0.25, 0.3) is 0 Å². The molecule has 1 aliphatic carbocycles. The Morgan fingerprint density at radius 2 is 1.81 bits per heavy atom. The lowest BCUT2D eigenvalue weighted by Gasteiger charge is -2.24. The molecule has 0 fully saturated rings. The second-order valence-corrected chi connectivity index (χ2v) is 4.60. The van der Waals surface area contributed by atoms with Crippen molar-refractivity contribution in [2.75, 3.05) is 0 Å². The number of rotatable bonds is 3. The van der Waals surface area contributed by atoms with Gasteiger partial charge in [-0.15, -0.1) is 0 Å². The van der Waals surface area contributed by atoms with Gasteiger partial charge in [-0.3, -0.25) is 4.79 Å². The van der Waals surface area contributed by atoms with Gasteiger partial charge in [0.05, 0.1) is 0 Å². The van der Waals surface area contributed by atoms with Crippen LogP contribution in [0.2, 0.25) is 0 Å². The smallest absolute Gasteiger partial charge is 0.213 e. The van der Waals surface area contributed by atoms with Crippen molar-refractivity contribution < 1.29 is 30.3 Å². The highest BCUT2D eigenvalue weighted by molar-refractivity contribution is 6.08. The number of allylic oxidation sites excluding steroid dienone is 4. The molecule has 0 radical (unpaired) electrons. The number of phenols is 2. The molecule has 1 aromatic carbocycles. The summed E-state index contributed by atoms with van der Waals surface area (Å²) in [5.74, 6) is -3.65. The largest absolute Gasteiger partial charge is 0.507 e. The first-order valence-electron chi connectivity index (χ1n) is 6.08. The summed E-state index contributed by atoms with van der Waals surface area (Å²) in [6.45, 7) is 0. The van der Waals surface area contributed by atoms with Crippen molar-refractivity contribution in [1.82, 2.24) is 0 Å². The predicted octanol–water partition coefficient (Wildman–Crippen LogP) is 0.375. The molecule has 5 N–H and O–H groups in total. The van der Waals surface area contributed by atoms with Crippen LogP contribution in [0.4, 0.5) is 0 Å². The molecule has 0 aromatic heterocycles. The maximum atomic E-state index is 11.9. The van der Waals surface area contributed by atoms with Crippen LogP contribution in [0.15, 0.2) is 54.2 Å². The van der Waals surface area contributed by atoms with Crippen molar-refractivity contribution in [3.8, 4) is 11.5 Å². The van der Waals surface area contributed by atoms with E-state index in [4.69, 9.17) is 0 Å². The molecule has 6 heteroatoms. The summed E-state index contributed by atoms with van der Waals surface area (Å²) in [4.78, 5) is 11.9. The fourth-order valence-corrected chi connectivity index (χ4v) is 1.83. The maximum absolute atomic E-state index is 11.9. The molecule has 110 valence electrons. The molecule has 0 bridgehead atoms. The minimum absolute atomic E-state index is 0.228. The van der Waals surface area contributed by atoms with E-state index in [2.05, 4.69) is 0 Å². The zero-order valence-electron chi connectivity index (χ0n) is 10.8. The Labute approximate surface area is 120 Å². The Morgan fingerprint density at radius 3 is 2.38 bits per heavy atom. The van der Waals surface area contributed by atoms with Crippen LogP contribution in [-0.2, 0) is 0 Å². The van der Waals surface area contributed by atoms with Crippen LogP contribution in [0.1, 0.15) is 10.4 Å². The van der Waals surface area contributed by atoms with Crippen LogP contribution in [0.5, 0.6) is 11.5 Å². The predicted molar refractivity (Wildman–Crippen MR) is 73.6 cm³/mol. The number of carbonyl (C=O) groups is 1. The van der Waals surface area contributed by atoms with Crippen LogP contribution in [0.3, 0.4) is 0 Å². The van der Waals surface area contributed by atoms with Gasteiger partial charge in [-0.1, -0.05) is 18.2 Å². The summed E-state index contributed by atoms with van der Waals surface area (Å²) < 4.78 is 0. The molecule has 0 saturated heterocycles. The first-order chi connectivity index (χ1) is 9.81. The van der Waals surface area contributed by atoms with Gasteiger partial charge < -0.3 is 25.5 Å². The van der Waals surface area contributed by atoms with Crippen LogP contribution in [0, 0.1) is 0 Å². The molecular weight excluding hydrogens is 276 g/mol. The lowest BCUT2D eigenvalue weighted by atomic mass is 9.98. The number of aliphatic hydroxyl groups is 3. The maximum Gasteiger partial charge on any atom is 0.213 e. The van der Waals surface area contributed by atoms with Crippen LogP contribution in [0.25, 0.3) is 0 Å². The van der Waals surface area contributed by atoms with Gasteiger partial charge in [0.2, 0.25) is 5.79 Å². The molecule has 1 unspecified atom stereocenters. The highest BCUT2D eigenvalue weighted by atomic mass is 16.5. The summed E-state index contributed by atoms with van der Waals surface area (Å²) in [5, 5.41) is 47.2. The van der Waals surface area contributed by atoms with Gasteiger partial charge in [-0.25, -0.2) is 0 Å². The summed E-state index contributed by atoms with van der Waals surface area (Å²) in [5.41, 5.74) is 0.151. The van der Waals surface area contributed by atoms with E-state index in [1.54, 1.807) is 0 Å². The number of hydrogen-bond acceptors (Lipinski definition) is 6. The van der Waals surface area contributed by atoms with E-state index in [1.807, 2.05) is 0 Å². The Balaban J connectivity index is 2.20. The average molecular weight is 290 g/mol. The third-order valence-electron chi connectivity index (χ3n) is 3.00. The number of aliphatic hydroxyl groups excluding tert-OH is 1. The van der Waals surface area contributed by atoms with Crippen molar-refractivity contribution in [2.24, 2.45) is 0 Å². The molecule has 1 atom stereocenters. The van der Waals surface area contributed by atoms with Crippen LogP contribution in [-0.4, -0.2) is 43.2 Å². The molecule has 21 heavy (non-hydrogen) atoms.